The van der Waals surface area contributed by atoms with Crippen LogP contribution in [0.4, 0.5) is 11.4 Å². The Hall–Kier alpha value is -2.08. The Labute approximate surface area is 142 Å². The molecule has 1 heterocycles. The molecule has 1 saturated heterocycles. The molecule has 6 heteroatoms. The Morgan fingerprint density at radius 3 is 2.50 bits per heavy atom. The molecular weight excluding hydrogens is 306 g/mol. The van der Waals surface area contributed by atoms with Gasteiger partial charge in [-0.05, 0) is 32.4 Å². The van der Waals surface area contributed by atoms with E-state index in [0.29, 0.717) is 19.6 Å². The van der Waals surface area contributed by atoms with Crippen molar-refractivity contribution in [2.45, 2.75) is 26.3 Å². The van der Waals surface area contributed by atoms with E-state index in [4.69, 9.17) is 4.74 Å². The lowest BCUT2D eigenvalue weighted by Gasteiger charge is -2.30. The van der Waals surface area contributed by atoms with Gasteiger partial charge in [-0.3, -0.25) is 9.59 Å². The van der Waals surface area contributed by atoms with E-state index in [1.165, 1.54) is 0 Å². The second-order valence-electron chi connectivity index (χ2n) is 6.72. The minimum atomic E-state index is -0.221. The summed E-state index contributed by atoms with van der Waals surface area (Å²) in [6.45, 7) is 6.87. The molecule has 2 amide bonds. The van der Waals surface area contributed by atoms with Gasteiger partial charge >= 0.3 is 0 Å². The van der Waals surface area contributed by atoms with E-state index < -0.39 is 0 Å². The second-order valence-corrected chi connectivity index (χ2v) is 6.72. The van der Waals surface area contributed by atoms with Gasteiger partial charge in [0.05, 0.1) is 36.4 Å². The number of nitrogens with one attached hydrogen (secondary N) is 2. The number of carbonyl (C=O) groups is 2. The van der Waals surface area contributed by atoms with Crippen molar-refractivity contribution in [2.24, 2.45) is 11.8 Å². The zero-order valence-corrected chi connectivity index (χ0v) is 14.2. The number of morpholine rings is 1. The molecule has 0 spiro atoms. The maximum atomic E-state index is 12.5. The number of ether oxygens (including phenoxy) is 1. The zero-order valence-electron chi connectivity index (χ0n) is 14.2. The highest BCUT2D eigenvalue weighted by molar-refractivity contribution is 6.01. The van der Waals surface area contributed by atoms with E-state index in [1.54, 1.807) is 0 Å². The monoisotopic (exact) mass is 331 g/mol. The van der Waals surface area contributed by atoms with Gasteiger partial charge in [-0.2, -0.15) is 0 Å². The minimum Gasteiger partial charge on any atom is -0.378 e. The summed E-state index contributed by atoms with van der Waals surface area (Å²) in [5.74, 6) is -0.504. The van der Waals surface area contributed by atoms with Crippen LogP contribution >= 0.6 is 0 Å². The van der Waals surface area contributed by atoms with Crippen molar-refractivity contribution in [3.8, 4) is 0 Å². The maximum Gasteiger partial charge on any atom is 0.228 e. The van der Waals surface area contributed by atoms with Crippen LogP contribution in [-0.4, -0.2) is 44.2 Å². The summed E-state index contributed by atoms with van der Waals surface area (Å²) in [6, 6.07) is 7.90. The molecule has 1 aromatic rings. The Bertz CT molecular complexity index is 611. The molecule has 1 aliphatic heterocycles. The molecule has 2 fully saturated rings. The normalized spacial score (nSPS) is 23.0. The van der Waals surface area contributed by atoms with Gasteiger partial charge in [-0.25, -0.2) is 0 Å². The van der Waals surface area contributed by atoms with Crippen molar-refractivity contribution in [1.82, 2.24) is 5.32 Å². The van der Waals surface area contributed by atoms with Crippen molar-refractivity contribution in [2.75, 3.05) is 36.5 Å². The molecule has 1 aliphatic carbocycles. The van der Waals surface area contributed by atoms with Gasteiger partial charge < -0.3 is 20.3 Å². The molecule has 130 valence electrons. The predicted molar refractivity (Wildman–Crippen MR) is 93.0 cm³/mol. The van der Waals surface area contributed by atoms with Crippen LogP contribution in [-0.2, 0) is 14.3 Å². The van der Waals surface area contributed by atoms with E-state index in [1.807, 2.05) is 38.1 Å². The molecule has 2 unspecified atom stereocenters. The van der Waals surface area contributed by atoms with Crippen LogP contribution in [0.1, 0.15) is 20.3 Å². The van der Waals surface area contributed by atoms with E-state index >= 15 is 0 Å². The average molecular weight is 331 g/mol. The van der Waals surface area contributed by atoms with Gasteiger partial charge in [0.25, 0.3) is 0 Å². The van der Waals surface area contributed by atoms with Gasteiger partial charge in [-0.1, -0.05) is 12.1 Å². The summed E-state index contributed by atoms with van der Waals surface area (Å²) < 4.78 is 5.39. The van der Waals surface area contributed by atoms with Crippen LogP contribution in [0.2, 0.25) is 0 Å². The molecule has 24 heavy (non-hydrogen) atoms. The van der Waals surface area contributed by atoms with Crippen molar-refractivity contribution in [3.63, 3.8) is 0 Å². The lowest BCUT2D eigenvalue weighted by Crippen LogP contribution is -2.37. The molecule has 0 radical (unpaired) electrons. The van der Waals surface area contributed by atoms with Crippen LogP contribution in [0.5, 0.6) is 0 Å². The Morgan fingerprint density at radius 2 is 1.79 bits per heavy atom. The summed E-state index contributed by atoms with van der Waals surface area (Å²) in [5, 5.41) is 5.88. The molecule has 6 nitrogen and oxygen atoms in total. The van der Waals surface area contributed by atoms with Crippen LogP contribution in [0.25, 0.3) is 0 Å². The van der Waals surface area contributed by atoms with E-state index in [9.17, 15) is 9.59 Å². The number of para-hydroxylation sites is 2. The van der Waals surface area contributed by atoms with Gasteiger partial charge in [0.1, 0.15) is 0 Å². The Morgan fingerprint density at radius 1 is 1.12 bits per heavy atom. The highest BCUT2D eigenvalue weighted by atomic mass is 16.5. The number of hydrogen-bond acceptors (Lipinski definition) is 4. The summed E-state index contributed by atoms with van der Waals surface area (Å²) in [5.41, 5.74) is 1.82. The van der Waals surface area contributed by atoms with Crippen LogP contribution in [0.15, 0.2) is 24.3 Å². The van der Waals surface area contributed by atoms with Crippen molar-refractivity contribution in [1.29, 1.82) is 0 Å². The lowest BCUT2D eigenvalue weighted by molar-refractivity contribution is -0.125. The third-order valence-corrected chi connectivity index (χ3v) is 4.41. The number of carbonyl (C=O) groups excluding carboxylic acids is 2. The number of benzene rings is 1. The zero-order chi connectivity index (χ0) is 17.1. The Kier molecular flexibility index (Phi) is 5.04. The van der Waals surface area contributed by atoms with E-state index in [2.05, 4.69) is 15.5 Å². The SMILES string of the molecule is CC(C)NC(=O)C1CC1C(=O)Nc1ccccc1N1CCOCC1. The fourth-order valence-corrected chi connectivity index (χ4v) is 3.05. The molecule has 3 rings (SSSR count). The van der Waals surface area contributed by atoms with Gasteiger partial charge in [0.15, 0.2) is 0 Å². The number of rotatable bonds is 5. The smallest absolute Gasteiger partial charge is 0.228 e. The second kappa shape index (κ2) is 7.21. The van der Waals surface area contributed by atoms with Crippen LogP contribution < -0.4 is 15.5 Å². The average Bonchev–Trinajstić information content (AvgIpc) is 3.36. The first-order valence-corrected chi connectivity index (χ1v) is 8.59. The molecule has 2 N–H and O–H groups in total. The molecular formula is C18H25N3O3. The van der Waals surface area contributed by atoms with Crippen molar-refractivity contribution in [3.05, 3.63) is 24.3 Å². The topological polar surface area (TPSA) is 70.7 Å². The first-order chi connectivity index (χ1) is 11.6. The van der Waals surface area contributed by atoms with Crippen molar-refractivity contribution < 1.29 is 14.3 Å². The van der Waals surface area contributed by atoms with E-state index in [0.717, 1.165) is 24.5 Å². The third kappa shape index (κ3) is 3.87. The van der Waals surface area contributed by atoms with Crippen LogP contribution in [0.3, 0.4) is 0 Å². The molecule has 0 aromatic heterocycles. The van der Waals surface area contributed by atoms with Gasteiger partial charge in [0.2, 0.25) is 11.8 Å². The van der Waals surface area contributed by atoms with Crippen molar-refractivity contribution >= 4 is 23.2 Å². The summed E-state index contributed by atoms with van der Waals surface area (Å²) in [7, 11) is 0. The number of nitrogens with zero attached hydrogens (tertiary/aromatic N) is 1. The summed E-state index contributed by atoms with van der Waals surface area (Å²) >= 11 is 0. The minimum absolute atomic E-state index is 0.0217. The highest BCUT2D eigenvalue weighted by Crippen LogP contribution is 2.40. The summed E-state index contributed by atoms with van der Waals surface area (Å²) in [4.78, 5) is 26.7. The summed E-state index contributed by atoms with van der Waals surface area (Å²) in [6.07, 6.45) is 0.629. The quantitative estimate of drug-likeness (QED) is 0.860. The number of anilines is 2. The standard InChI is InChI=1S/C18H25N3O3/c1-12(2)19-17(22)13-11-14(13)18(23)20-15-5-3-4-6-16(15)21-7-9-24-10-8-21/h3-6,12-14H,7-11H2,1-2H3,(H,19,22)(H,20,23). The maximum absolute atomic E-state index is 12.5. The van der Waals surface area contributed by atoms with Gasteiger partial charge in [0, 0.05) is 19.1 Å². The molecule has 1 saturated carbocycles. The Balaban J connectivity index is 1.62. The first kappa shape index (κ1) is 16.8. The number of hydrogen-bond donors (Lipinski definition) is 2. The van der Waals surface area contributed by atoms with Crippen LogP contribution in [0, 0.1) is 11.8 Å². The van der Waals surface area contributed by atoms with Gasteiger partial charge in [-0.15, -0.1) is 0 Å². The molecule has 2 atom stereocenters. The fourth-order valence-electron chi connectivity index (χ4n) is 3.05. The number of amides is 2. The third-order valence-electron chi connectivity index (χ3n) is 4.41. The molecule has 2 aliphatic rings. The molecule has 1 aromatic carbocycles. The van der Waals surface area contributed by atoms with E-state index in [-0.39, 0.29) is 29.7 Å². The lowest BCUT2D eigenvalue weighted by atomic mass is 10.2. The molecule has 0 bridgehead atoms. The largest absolute Gasteiger partial charge is 0.378 e. The highest BCUT2D eigenvalue weighted by Gasteiger charge is 2.48. The predicted octanol–water partition coefficient (Wildman–Crippen LogP) is 1.62. The first-order valence-electron chi connectivity index (χ1n) is 8.59. The fraction of sp³-hybridized carbons (Fsp3) is 0.556.